The molecule has 0 unspecified atom stereocenters. The van der Waals surface area contributed by atoms with Gasteiger partial charge in [-0.3, -0.25) is 14.9 Å². The quantitative estimate of drug-likeness (QED) is 0.430. The SMILES string of the molecule is O=C(NCc1ccc(S(=O)(=O)c2cccc(N3CCOCC3)c2)cn1)c1cnc2[nH]ncc2c1. The zero-order chi connectivity index (χ0) is 23.5. The fraction of sp³-hybridized carbons (Fsp3) is 0.217. The first-order valence-corrected chi connectivity index (χ1v) is 12.2. The summed E-state index contributed by atoms with van der Waals surface area (Å²) in [7, 11) is -3.73. The Labute approximate surface area is 195 Å². The van der Waals surface area contributed by atoms with Crippen LogP contribution in [0, 0.1) is 0 Å². The van der Waals surface area contributed by atoms with E-state index in [-0.39, 0.29) is 22.2 Å². The van der Waals surface area contributed by atoms with Crippen LogP contribution in [0.1, 0.15) is 16.1 Å². The summed E-state index contributed by atoms with van der Waals surface area (Å²) in [5.74, 6) is -0.311. The van der Waals surface area contributed by atoms with Crippen molar-refractivity contribution in [2.24, 2.45) is 0 Å². The Morgan fingerprint density at radius 3 is 2.68 bits per heavy atom. The highest BCUT2D eigenvalue weighted by Gasteiger charge is 2.20. The lowest BCUT2D eigenvalue weighted by Gasteiger charge is -2.29. The molecule has 11 heteroatoms. The number of morpholine rings is 1. The molecule has 34 heavy (non-hydrogen) atoms. The van der Waals surface area contributed by atoms with E-state index in [9.17, 15) is 13.2 Å². The van der Waals surface area contributed by atoms with E-state index < -0.39 is 9.84 Å². The van der Waals surface area contributed by atoms with Crippen molar-refractivity contribution >= 4 is 32.5 Å². The molecular weight excluding hydrogens is 456 g/mol. The number of nitrogens with zero attached hydrogens (tertiary/aromatic N) is 4. The number of pyridine rings is 2. The summed E-state index contributed by atoms with van der Waals surface area (Å²) in [6.45, 7) is 2.82. The van der Waals surface area contributed by atoms with Crippen LogP contribution in [0.4, 0.5) is 5.69 Å². The van der Waals surface area contributed by atoms with Crippen molar-refractivity contribution < 1.29 is 17.9 Å². The van der Waals surface area contributed by atoms with Gasteiger partial charge in [0.2, 0.25) is 9.84 Å². The third-order valence-electron chi connectivity index (χ3n) is 5.60. The molecule has 10 nitrogen and oxygen atoms in total. The van der Waals surface area contributed by atoms with Gasteiger partial charge in [-0.25, -0.2) is 13.4 Å². The molecule has 3 aromatic heterocycles. The van der Waals surface area contributed by atoms with Gasteiger partial charge in [0, 0.05) is 36.6 Å². The number of benzene rings is 1. The summed E-state index contributed by atoms with van der Waals surface area (Å²) < 4.78 is 31.7. The van der Waals surface area contributed by atoms with Crippen LogP contribution in [0.25, 0.3) is 11.0 Å². The van der Waals surface area contributed by atoms with Crippen molar-refractivity contribution in [2.45, 2.75) is 16.3 Å². The van der Waals surface area contributed by atoms with Crippen LogP contribution in [0.15, 0.2) is 70.8 Å². The van der Waals surface area contributed by atoms with Crippen molar-refractivity contribution in [3.63, 3.8) is 0 Å². The second-order valence-electron chi connectivity index (χ2n) is 7.80. The van der Waals surface area contributed by atoms with E-state index in [0.717, 1.165) is 24.2 Å². The Morgan fingerprint density at radius 1 is 1.03 bits per heavy atom. The summed E-state index contributed by atoms with van der Waals surface area (Å²) in [5, 5.41) is 10.1. The average molecular weight is 479 g/mol. The highest BCUT2D eigenvalue weighted by Crippen LogP contribution is 2.25. The molecule has 0 aliphatic carbocycles. The second kappa shape index (κ2) is 9.20. The van der Waals surface area contributed by atoms with Gasteiger partial charge < -0.3 is 15.0 Å². The number of carbonyl (C=O) groups is 1. The van der Waals surface area contributed by atoms with Gasteiger partial charge in [0.25, 0.3) is 5.91 Å². The van der Waals surface area contributed by atoms with E-state index in [0.29, 0.717) is 30.1 Å². The molecule has 0 radical (unpaired) electrons. The second-order valence-corrected chi connectivity index (χ2v) is 9.75. The Hall–Kier alpha value is -3.83. The lowest BCUT2D eigenvalue weighted by Crippen LogP contribution is -2.36. The van der Waals surface area contributed by atoms with Gasteiger partial charge >= 0.3 is 0 Å². The summed E-state index contributed by atoms with van der Waals surface area (Å²) in [5.41, 5.74) is 2.38. The maximum atomic E-state index is 13.1. The Bertz CT molecular complexity index is 1430. The number of anilines is 1. The van der Waals surface area contributed by atoms with E-state index in [1.807, 2.05) is 6.07 Å². The zero-order valence-electron chi connectivity index (χ0n) is 18.1. The zero-order valence-corrected chi connectivity index (χ0v) is 19.0. The van der Waals surface area contributed by atoms with Crippen LogP contribution in [0.5, 0.6) is 0 Å². The van der Waals surface area contributed by atoms with Crippen molar-refractivity contribution in [3.05, 3.63) is 72.3 Å². The average Bonchev–Trinajstić information content (AvgIpc) is 3.36. The number of sulfone groups is 1. The molecule has 1 aromatic carbocycles. The molecule has 4 aromatic rings. The number of nitrogens with one attached hydrogen (secondary N) is 2. The Balaban J connectivity index is 1.27. The number of hydrogen-bond donors (Lipinski definition) is 2. The fourth-order valence-corrected chi connectivity index (χ4v) is 4.96. The molecule has 1 amide bonds. The highest BCUT2D eigenvalue weighted by atomic mass is 32.2. The van der Waals surface area contributed by atoms with E-state index in [4.69, 9.17) is 4.74 Å². The number of aromatic nitrogens is 4. The molecular formula is C23H22N6O4S. The highest BCUT2D eigenvalue weighted by molar-refractivity contribution is 7.91. The minimum absolute atomic E-state index is 0.0938. The number of aromatic amines is 1. The largest absolute Gasteiger partial charge is 0.378 e. The predicted molar refractivity (Wildman–Crippen MR) is 124 cm³/mol. The minimum Gasteiger partial charge on any atom is -0.378 e. The van der Waals surface area contributed by atoms with Crippen molar-refractivity contribution in [1.82, 2.24) is 25.5 Å². The van der Waals surface area contributed by atoms with Crippen LogP contribution in [0.3, 0.4) is 0 Å². The Kier molecular flexibility index (Phi) is 5.95. The lowest BCUT2D eigenvalue weighted by molar-refractivity contribution is 0.0950. The Morgan fingerprint density at radius 2 is 1.88 bits per heavy atom. The van der Waals surface area contributed by atoms with Gasteiger partial charge in [-0.15, -0.1) is 0 Å². The van der Waals surface area contributed by atoms with Crippen LogP contribution >= 0.6 is 0 Å². The first kappa shape index (κ1) is 22.0. The number of rotatable bonds is 6. The van der Waals surface area contributed by atoms with Gasteiger partial charge in [0.05, 0.1) is 47.0 Å². The molecule has 1 saturated heterocycles. The topological polar surface area (TPSA) is 130 Å². The third-order valence-corrected chi connectivity index (χ3v) is 7.33. The lowest BCUT2D eigenvalue weighted by atomic mass is 10.2. The number of hydrogen-bond acceptors (Lipinski definition) is 8. The molecule has 0 saturated carbocycles. The summed E-state index contributed by atoms with van der Waals surface area (Å²) in [6.07, 6.45) is 4.37. The molecule has 174 valence electrons. The monoisotopic (exact) mass is 478 g/mol. The third kappa shape index (κ3) is 4.47. The van der Waals surface area contributed by atoms with Gasteiger partial charge in [0.1, 0.15) is 0 Å². The van der Waals surface area contributed by atoms with E-state index in [2.05, 4.69) is 30.4 Å². The molecule has 0 spiro atoms. The number of fused-ring (bicyclic) bond motifs is 1. The maximum Gasteiger partial charge on any atom is 0.253 e. The number of carbonyl (C=O) groups excluding carboxylic acids is 1. The van der Waals surface area contributed by atoms with Crippen LogP contribution in [-0.4, -0.2) is 60.8 Å². The molecule has 0 atom stereocenters. The number of amides is 1. The molecule has 0 bridgehead atoms. The molecule has 4 heterocycles. The van der Waals surface area contributed by atoms with E-state index >= 15 is 0 Å². The summed E-state index contributed by atoms with van der Waals surface area (Å²) >= 11 is 0. The summed E-state index contributed by atoms with van der Waals surface area (Å²) in [4.78, 5) is 23.2. The van der Waals surface area contributed by atoms with Crippen molar-refractivity contribution in [2.75, 3.05) is 31.2 Å². The standard InChI is InChI=1S/C23H22N6O4S/c30-23(17-10-16-13-27-28-22(16)25-12-17)26-14-18-4-5-21(15-24-18)34(31,32)20-3-1-2-19(11-20)29-6-8-33-9-7-29/h1-5,10-13,15H,6-9,14H2,(H,26,30)(H,25,27,28). The van der Waals surface area contributed by atoms with E-state index in [1.165, 1.54) is 18.5 Å². The minimum atomic E-state index is -3.73. The summed E-state index contributed by atoms with van der Waals surface area (Å²) in [6, 6.07) is 11.7. The molecule has 1 aliphatic heterocycles. The maximum absolute atomic E-state index is 13.1. The smallest absolute Gasteiger partial charge is 0.253 e. The van der Waals surface area contributed by atoms with Crippen molar-refractivity contribution in [1.29, 1.82) is 0 Å². The number of ether oxygens (including phenoxy) is 1. The first-order chi connectivity index (χ1) is 16.5. The van der Waals surface area contributed by atoms with Gasteiger partial charge in [-0.1, -0.05) is 6.07 Å². The fourth-order valence-electron chi connectivity index (χ4n) is 3.71. The molecule has 1 fully saturated rings. The predicted octanol–water partition coefficient (Wildman–Crippen LogP) is 1.95. The molecule has 2 N–H and O–H groups in total. The first-order valence-electron chi connectivity index (χ1n) is 10.7. The van der Waals surface area contributed by atoms with Gasteiger partial charge in [0.15, 0.2) is 5.65 Å². The van der Waals surface area contributed by atoms with Crippen molar-refractivity contribution in [3.8, 4) is 0 Å². The molecule has 1 aliphatic rings. The normalized spacial score (nSPS) is 14.3. The van der Waals surface area contributed by atoms with Crippen LogP contribution in [0.2, 0.25) is 0 Å². The van der Waals surface area contributed by atoms with Gasteiger partial charge in [-0.05, 0) is 36.4 Å². The van der Waals surface area contributed by atoms with Gasteiger partial charge in [-0.2, -0.15) is 5.10 Å². The van der Waals surface area contributed by atoms with E-state index in [1.54, 1.807) is 36.5 Å². The molecule has 5 rings (SSSR count). The van der Waals surface area contributed by atoms with Crippen LogP contribution in [-0.2, 0) is 21.1 Å². The number of H-pyrrole nitrogens is 1. The van der Waals surface area contributed by atoms with Crippen LogP contribution < -0.4 is 10.2 Å².